The Kier molecular flexibility index (Phi) is 7.33. The summed E-state index contributed by atoms with van der Waals surface area (Å²) >= 11 is 7.61. The molecular formula is C17H19ClN2O4S. The van der Waals surface area contributed by atoms with E-state index in [0.717, 1.165) is 0 Å². The van der Waals surface area contributed by atoms with Crippen LogP contribution in [0.3, 0.4) is 0 Å². The highest BCUT2D eigenvalue weighted by molar-refractivity contribution is 7.98. The Morgan fingerprint density at radius 2 is 2.16 bits per heavy atom. The van der Waals surface area contributed by atoms with Crippen molar-refractivity contribution in [2.24, 2.45) is 0 Å². The van der Waals surface area contributed by atoms with Crippen molar-refractivity contribution in [3.8, 4) is 0 Å². The molecule has 1 atom stereocenters. The molecule has 1 aromatic carbocycles. The van der Waals surface area contributed by atoms with E-state index in [-0.39, 0.29) is 6.61 Å². The fraction of sp³-hybridized carbons (Fsp3) is 0.353. The maximum Gasteiger partial charge on any atom is 0.329 e. The lowest BCUT2D eigenvalue weighted by molar-refractivity contribution is -0.148. The Labute approximate surface area is 155 Å². The highest BCUT2D eigenvalue weighted by Gasteiger charge is 2.24. The fourth-order valence-corrected chi connectivity index (χ4v) is 2.79. The van der Waals surface area contributed by atoms with Crippen LogP contribution in [0.2, 0.25) is 5.02 Å². The van der Waals surface area contributed by atoms with E-state index in [2.05, 4.69) is 10.5 Å². The molecule has 2 aromatic rings. The highest BCUT2D eigenvalue weighted by atomic mass is 35.5. The molecule has 0 radical (unpaired) electrons. The van der Waals surface area contributed by atoms with E-state index in [9.17, 15) is 9.59 Å². The number of thioether (sulfide) groups is 1. The lowest BCUT2D eigenvalue weighted by Crippen LogP contribution is -2.42. The molecule has 25 heavy (non-hydrogen) atoms. The third kappa shape index (κ3) is 5.79. The van der Waals surface area contributed by atoms with Gasteiger partial charge in [-0.3, -0.25) is 4.79 Å². The van der Waals surface area contributed by atoms with Crippen molar-refractivity contribution in [1.29, 1.82) is 0 Å². The summed E-state index contributed by atoms with van der Waals surface area (Å²) in [6.45, 7) is 1.75. The zero-order valence-corrected chi connectivity index (χ0v) is 15.5. The van der Waals surface area contributed by atoms with E-state index >= 15 is 0 Å². The smallest absolute Gasteiger partial charge is 0.329 e. The summed E-state index contributed by atoms with van der Waals surface area (Å²) in [6, 6.07) is 7.59. The van der Waals surface area contributed by atoms with Crippen molar-refractivity contribution in [2.45, 2.75) is 26.0 Å². The maximum absolute atomic E-state index is 12.4. The van der Waals surface area contributed by atoms with Gasteiger partial charge in [-0.2, -0.15) is 11.8 Å². The van der Waals surface area contributed by atoms with E-state index in [0.29, 0.717) is 34.2 Å². The number of halogens is 1. The molecule has 0 aliphatic heterocycles. The molecule has 0 aliphatic rings. The Balaban J connectivity index is 2.00. The number of rotatable bonds is 8. The van der Waals surface area contributed by atoms with Crippen molar-refractivity contribution in [3.63, 3.8) is 0 Å². The molecule has 0 saturated heterocycles. The summed E-state index contributed by atoms with van der Waals surface area (Å²) in [7, 11) is 0. The van der Waals surface area contributed by atoms with E-state index in [4.69, 9.17) is 20.9 Å². The van der Waals surface area contributed by atoms with Crippen LogP contribution in [0.5, 0.6) is 0 Å². The number of benzene rings is 1. The van der Waals surface area contributed by atoms with Crippen molar-refractivity contribution in [2.75, 3.05) is 12.0 Å². The Morgan fingerprint density at radius 3 is 2.80 bits per heavy atom. The van der Waals surface area contributed by atoms with Crippen LogP contribution in [-0.4, -0.2) is 35.1 Å². The first-order valence-corrected chi connectivity index (χ1v) is 9.41. The minimum atomic E-state index is -0.764. The van der Waals surface area contributed by atoms with E-state index in [1.54, 1.807) is 49.0 Å². The summed E-state index contributed by atoms with van der Waals surface area (Å²) in [5.74, 6) is 0.212. The zero-order valence-electron chi connectivity index (χ0n) is 14.0. The number of aryl methyl sites for hydroxylation is 1. The van der Waals surface area contributed by atoms with Gasteiger partial charge in [-0.25, -0.2) is 4.79 Å². The average molecular weight is 383 g/mol. The minimum Gasteiger partial charge on any atom is -0.456 e. The lowest BCUT2D eigenvalue weighted by atomic mass is 10.1. The zero-order chi connectivity index (χ0) is 18.2. The number of ether oxygens (including phenoxy) is 1. The second kappa shape index (κ2) is 9.48. The van der Waals surface area contributed by atoms with Gasteiger partial charge < -0.3 is 14.6 Å². The van der Waals surface area contributed by atoms with Crippen molar-refractivity contribution >= 4 is 35.2 Å². The highest BCUT2D eigenvalue weighted by Crippen LogP contribution is 2.15. The maximum atomic E-state index is 12.4. The second-order valence-electron chi connectivity index (χ2n) is 5.33. The number of carbonyl (C=O) groups is 2. The molecule has 0 saturated carbocycles. The Hall–Kier alpha value is -1.99. The third-order valence-electron chi connectivity index (χ3n) is 3.35. The van der Waals surface area contributed by atoms with Gasteiger partial charge in [0.2, 0.25) is 0 Å². The SMILES string of the molecule is CSCCC(NC(=O)c1ccccc1Cl)C(=O)OCc1cc(C)no1. The second-order valence-corrected chi connectivity index (χ2v) is 6.72. The monoisotopic (exact) mass is 382 g/mol. The Bertz CT molecular complexity index is 735. The first kappa shape index (κ1) is 19.3. The molecule has 0 fully saturated rings. The fourth-order valence-electron chi connectivity index (χ4n) is 2.09. The molecule has 1 aromatic heterocycles. The molecule has 0 spiro atoms. The number of carbonyl (C=O) groups excluding carboxylic acids is 2. The molecule has 2 rings (SSSR count). The summed E-state index contributed by atoms with van der Waals surface area (Å²) in [6.07, 6.45) is 2.38. The van der Waals surface area contributed by atoms with Crippen LogP contribution in [0.1, 0.15) is 28.2 Å². The van der Waals surface area contributed by atoms with Crippen LogP contribution < -0.4 is 5.32 Å². The van der Waals surface area contributed by atoms with Crippen molar-refractivity contribution < 1.29 is 18.8 Å². The van der Waals surface area contributed by atoms with E-state index in [1.807, 2.05) is 6.26 Å². The average Bonchev–Trinajstić information content (AvgIpc) is 3.02. The van der Waals surface area contributed by atoms with Crippen LogP contribution in [0.15, 0.2) is 34.9 Å². The Morgan fingerprint density at radius 1 is 1.40 bits per heavy atom. The number of nitrogens with zero attached hydrogens (tertiary/aromatic N) is 1. The number of esters is 1. The number of hydrogen-bond acceptors (Lipinski definition) is 6. The number of aromatic nitrogens is 1. The molecule has 6 nitrogen and oxygen atoms in total. The van der Waals surface area contributed by atoms with Gasteiger partial charge in [0.25, 0.3) is 5.91 Å². The molecule has 1 N–H and O–H groups in total. The molecule has 8 heteroatoms. The van der Waals surface area contributed by atoms with Gasteiger partial charge in [-0.1, -0.05) is 28.9 Å². The number of amides is 1. The molecule has 0 bridgehead atoms. The number of hydrogen-bond donors (Lipinski definition) is 1. The van der Waals surface area contributed by atoms with E-state index in [1.165, 1.54) is 0 Å². The summed E-state index contributed by atoms with van der Waals surface area (Å²) in [5.41, 5.74) is 1.02. The van der Waals surface area contributed by atoms with Crippen LogP contribution in [0.4, 0.5) is 0 Å². The molecule has 1 amide bonds. The van der Waals surface area contributed by atoms with Crippen LogP contribution in [0, 0.1) is 6.92 Å². The first-order valence-electron chi connectivity index (χ1n) is 7.64. The summed E-state index contributed by atoms with van der Waals surface area (Å²) in [4.78, 5) is 24.7. The van der Waals surface area contributed by atoms with Crippen molar-refractivity contribution in [3.05, 3.63) is 52.4 Å². The molecule has 0 aliphatic carbocycles. The van der Waals surface area contributed by atoms with Gasteiger partial charge in [-0.15, -0.1) is 0 Å². The van der Waals surface area contributed by atoms with Crippen LogP contribution in [-0.2, 0) is 16.1 Å². The standard InChI is InChI=1S/C17H19ClN2O4S/c1-11-9-12(24-20-11)10-23-17(22)15(7-8-25-2)19-16(21)13-5-3-4-6-14(13)18/h3-6,9,15H,7-8,10H2,1-2H3,(H,19,21). The predicted octanol–water partition coefficient (Wildman–Crippen LogP) is 3.23. The van der Waals surface area contributed by atoms with Gasteiger partial charge in [0.1, 0.15) is 6.04 Å². The summed E-state index contributed by atoms with van der Waals surface area (Å²) < 4.78 is 10.2. The molecule has 1 unspecified atom stereocenters. The lowest BCUT2D eigenvalue weighted by Gasteiger charge is -2.17. The van der Waals surface area contributed by atoms with Gasteiger partial charge in [0.05, 0.1) is 16.3 Å². The van der Waals surface area contributed by atoms with Gasteiger partial charge in [0.15, 0.2) is 12.4 Å². The van der Waals surface area contributed by atoms with Gasteiger partial charge >= 0.3 is 5.97 Å². The number of nitrogens with one attached hydrogen (secondary N) is 1. The normalized spacial score (nSPS) is 11.8. The van der Waals surface area contributed by atoms with E-state index < -0.39 is 17.9 Å². The van der Waals surface area contributed by atoms with Gasteiger partial charge in [-0.05, 0) is 37.5 Å². The molecule has 134 valence electrons. The largest absolute Gasteiger partial charge is 0.456 e. The minimum absolute atomic E-state index is 0.0304. The van der Waals surface area contributed by atoms with Gasteiger partial charge in [0, 0.05) is 6.07 Å². The summed E-state index contributed by atoms with van der Waals surface area (Å²) in [5, 5.41) is 6.75. The first-order chi connectivity index (χ1) is 12.0. The molecule has 1 heterocycles. The predicted molar refractivity (Wildman–Crippen MR) is 96.7 cm³/mol. The quantitative estimate of drug-likeness (QED) is 0.706. The van der Waals surface area contributed by atoms with Crippen LogP contribution in [0.25, 0.3) is 0 Å². The third-order valence-corrected chi connectivity index (χ3v) is 4.33. The van der Waals surface area contributed by atoms with Crippen molar-refractivity contribution in [1.82, 2.24) is 10.5 Å². The topological polar surface area (TPSA) is 81.4 Å². The molecular weight excluding hydrogens is 364 g/mol. The van der Waals surface area contributed by atoms with Crippen LogP contribution >= 0.6 is 23.4 Å².